The van der Waals surface area contributed by atoms with Crippen molar-refractivity contribution in [3.63, 3.8) is 0 Å². The number of hydrogen-bond donors (Lipinski definition) is 1. The first-order chi connectivity index (χ1) is 11.1. The lowest BCUT2D eigenvalue weighted by atomic mass is 10.1. The molecule has 0 saturated heterocycles. The van der Waals surface area contributed by atoms with Crippen LogP contribution in [0.2, 0.25) is 0 Å². The van der Waals surface area contributed by atoms with Crippen LogP contribution in [-0.4, -0.2) is 49.9 Å². The third-order valence-electron chi connectivity index (χ3n) is 3.60. The zero-order chi connectivity index (χ0) is 18.3. The Kier molecular flexibility index (Phi) is 8.19. The summed E-state index contributed by atoms with van der Waals surface area (Å²) in [6, 6.07) is 2.49. The molecule has 0 fully saturated rings. The molecule has 1 amide bonds. The van der Waals surface area contributed by atoms with Gasteiger partial charge in [-0.25, -0.2) is 4.79 Å². The summed E-state index contributed by atoms with van der Waals surface area (Å²) in [5.74, 6) is 0. The number of thiophene rings is 1. The highest BCUT2D eigenvalue weighted by Gasteiger charge is 2.22. The molecule has 1 rings (SSSR count). The molecule has 1 heterocycles. The number of nitrogens with one attached hydrogen (secondary N) is 1. The standard InChI is InChI=1S/C18H32N2O3S/c1-13-12-16(15(3)24-13)14(2)19-8-9-20(10-11-22-7)17(21)23-18(4,5)6/h12,14,19H,8-11H2,1-7H3. The minimum atomic E-state index is -0.492. The van der Waals surface area contributed by atoms with Crippen molar-refractivity contribution >= 4 is 17.4 Å². The first kappa shape index (κ1) is 20.9. The van der Waals surface area contributed by atoms with Crippen LogP contribution in [0.1, 0.15) is 49.1 Å². The van der Waals surface area contributed by atoms with E-state index in [1.165, 1.54) is 15.3 Å². The van der Waals surface area contributed by atoms with Crippen LogP contribution in [0.25, 0.3) is 0 Å². The number of rotatable bonds is 8. The summed E-state index contributed by atoms with van der Waals surface area (Å²) in [5.41, 5.74) is 0.840. The Morgan fingerprint density at radius 1 is 1.33 bits per heavy atom. The van der Waals surface area contributed by atoms with E-state index in [0.717, 1.165) is 0 Å². The highest BCUT2D eigenvalue weighted by Crippen LogP contribution is 2.25. The van der Waals surface area contributed by atoms with E-state index in [1.807, 2.05) is 32.1 Å². The molecule has 1 aromatic heterocycles. The average Bonchev–Trinajstić information content (AvgIpc) is 2.79. The Morgan fingerprint density at radius 3 is 2.50 bits per heavy atom. The second-order valence-electron chi connectivity index (χ2n) is 7.00. The normalized spacial score (nSPS) is 13.0. The minimum Gasteiger partial charge on any atom is -0.444 e. The largest absolute Gasteiger partial charge is 0.444 e. The van der Waals surface area contributed by atoms with Gasteiger partial charge < -0.3 is 19.7 Å². The third kappa shape index (κ3) is 7.20. The molecule has 0 aliphatic carbocycles. The fourth-order valence-corrected chi connectivity index (χ4v) is 3.45. The summed E-state index contributed by atoms with van der Waals surface area (Å²) >= 11 is 1.82. The second-order valence-corrected chi connectivity index (χ2v) is 8.47. The number of nitrogens with zero attached hydrogens (tertiary/aromatic N) is 1. The van der Waals surface area contributed by atoms with Gasteiger partial charge in [-0.1, -0.05) is 0 Å². The SMILES string of the molecule is COCCN(CCNC(C)c1cc(C)sc1C)C(=O)OC(C)(C)C. The van der Waals surface area contributed by atoms with E-state index in [0.29, 0.717) is 26.2 Å². The minimum absolute atomic E-state index is 0.262. The van der Waals surface area contributed by atoms with E-state index in [2.05, 4.69) is 32.2 Å². The number of aryl methyl sites for hydroxylation is 2. The highest BCUT2D eigenvalue weighted by atomic mass is 32.1. The molecule has 0 aliphatic heterocycles. The highest BCUT2D eigenvalue weighted by molar-refractivity contribution is 7.12. The van der Waals surface area contributed by atoms with Gasteiger partial charge in [-0.15, -0.1) is 11.3 Å². The predicted molar refractivity (Wildman–Crippen MR) is 99.9 cm³/mol. The van der Waals surface area contributed by atoms with Gasteiger partial charge in [0.25, 0.3) is 0 Å². The van der Waals surface area contributed by atoms with Crippen LogP contribution in [0.15, 0.2) is 6.07 Å². The van der Waals surface area contributed by atoms with Crippen molar-refractivity contribution in [3.05, 3.63) is 21.4 Å². The zero-order valence-corrected chi connectivity index (χ0v) is 16.9. The molecule has 24 heavy (non-hydrogen) atoms. The van der Waals surface area contributed by atoms with Crippen LogP contribution in [0.5, 0.6) is 0 Å². The van der Waals surface area contributed by atoms with Gasteiger partial charge in [0.1, 0.15) is 5.60 Å². The molecule has 138 valence electrons. The van der Waals surface area contributed by atoms with Crippen molar-refractivity contribution in [1.82, 2.24) is 10.2 Å². The average molecular weight is 357 g/mol. The zero-order valence-electron chi connectivity index (χ0n) is 16.1. The summed E-state index contributed by atoms with van der Waals surface area (Å²) in [7, 11) is 1.63. The van der Waals surface area contributed by atoms with E-state index in [4.69, 9.17) is 9.47 Å². The van der Waals surface area contributed by atoms with Crippen LogP contribution in [0, 0.1) is 13.8 Å². The fraction of sp³-hybridized carbons (Fsp3) is 0.722. The van der Waals surface area contributed by atoms with E-state index in [-0.39, 0.29) is 12.1 Å². The molecule has 1 aromatic rings. The third-order valence-corrected chi connectivity index (χ3v) is 4.58. The Bertz CT molecular complexity index is 523. The molecule has 1 unspecified atom stereocenters. The van der Waals surface area contributed by atoms with Crippen LogP contribution in [0.3, 0.4) is 0 Å². The molecule has 0 saturated carbocycles. The molecule has 0 radical (unpaired) electrons. The quantitative estimate of drug-likeness (QED) is 0.767. The van der Waals surface area contributed by atoms with Gasteiger partial charge in [-0.3, -0.25) is 0 Å². The molecule has 0 aromatic carbocycles. The Labute approximate surface area is 150 Å². The van der Waals surface area contributed by atoms with Gasteiger partial charge in [-0.05, 0) is 53.2 Å². The van der Waals surface area contributed by atoms with Gasteiger partial charge in [0, 0.05) is 42.5 Å². The first-order valence-electron chi connectivity index (χ1n) is 8.41. The van der Waals surface area contributed by atoms with Crippen LogP contribution >= 0.6 is 11.3 Å². The second kappa shape index (κ2) is 9.39. The Morgan fingerprint density at radius 2 is 2.00 bits per heavy atom. The molecule has 1 atom stereocenters. The molecule has 1 N–H and O–H groups in total. The maximum absolute atomic E-state index is 12.3. The molecule has 0 bridgehead atoms. The first-order valence-corrected chi connectivity index (χ1v) is 9.23. The summed E-state index contributed by atoms with van der Waals surface area (Å²) in [5, 5.41) is 3.49. The predicted octanol–water partition coefficient (Wildman–Crippen LogP) is 3.90. The molecular formula is C18H32N2O3S. The van der Waals surface area contributed by atoms with Crippen LogP contribution < -0.4 is 5.32 Å². The topological polar surface area (TPSA) is 50.8 Å². The summed E-state index contributed by atoms with van der Waals surface area (Å²) in [6.07, 6.45) is -0.295. The van der Waals surface area contributed by atoms with E-state index in [1.54, 1.807) is 12.0 Å². The van der Waals surface area contributed by atoms with Crippen molar-refractivity contribution in [2.24, 2.45) is 0 Å². The summed E-state index contributed by atoms with van der Waals surface area (Å²) in [6.45, 7) is 14.4. The van der Waals surface area contributed by atoms with Gasteiger partial charge in [0.05, 0.1) is 6.61 Å². The lowest BCUT2D eigenvalue weighted by molar-refractivity contribution is 0.0203. The van der Waals surface area contributed by atoms with Gasteiger partial charge in [-0.2, -0.15) is 0 Å². The Balaban J connectivity index is 2.55. The summed E-state index contributed by atoms with van der Waals surface area (Å²) < 4.78 is 10.6. The fourth-order valence-electron chi connectivity index (χ4n) is 2.43. The molecule has 5 nitrogen and oxygen atoms in total. The number of ether oxygens (including phenoxy) is 2. The van der Waals surface area contributed by atoms with Crippen molar-refractivity contribution in [3.8, 4) is 0 Å². The maximum Gasteiger partial charge on any atom is 0.410 e. The smallest absolute Gasteiger partial charge is 0.410 e. The Hall–Kier alpha value is -1.11. The number of carbonyl (C=O) groups excluding carboxylic acids is 1. The molecular weight excluding hydrogens is 324 g/mol. The number of amides is 1. The van der Waals surface area contributed by atoms with Gasteiger partial charge in [0.15, 0.2) is 0 Å². The van der Waals surface area contributed by atoms with Crippen molar-refractivity contribution in [1.29, 1.82) is 0 Å². The summed E-state index contributed by atoms with van der Waals surface area (Å²) in [4.78, 5) is 16.7. The number of carbonyl (C=O) groups is 1. The van der Waals surface area contributed by atoms with Crippen molar-refractivity contribution in [2.75, 3.05) is 33.4 Å². The van der Waals surface area contributed by atoms with E-state index in [9.17, 15) is 4.79 Å². The lowest BCUT2D eigenvalue weighted by Gasteiger charge is -2.27. The van der Waals surface area contributed by atoms with Gasteiger partial charge in [0.2, 0.25) is 0 Å². The molecule has 0 spiro atoms. The monoisotopic (exact) mass is 356 g/mol. The molecule has 6 heteroatoms. The number of methoxy groups -OCH3 is 1. The van der Waals surface area contributed by atoms with Gasteiger partial charge >= 0.3 is 6.09 Å². The van der Waals surface area contributed by atoms with Crippen LogP contribution in [-0.2, 0) is 9.47 Å². The van der Waals surface area contributed by atoms with Crippen molar-refractivity contribution < 1.29 is 14.3 Å². The van der Waals surface area contributed by atoms with E-state index < -0.39 is 5.60 Å². The van der Waals surface area contributed by atoms with E-state index >= 15 is 0 Å². The molecule has 0 aliphatic rings. The van der Waals surface area contributed by atoms with Crippen molar-refractivity contribution in [2.45, 2.75) is 53.2 Å². The van der Waals surface area contributed by atoms with Crippen LogP contribution in [0.4, 0.5) is 4.79 Å². The maximum atomic E-state index is 12.3. The lowest BCUT2D eigenvalue weighted by Crippen LogP contribution is -2.42. The number of hydrogen-bond acceptors (Lipinski definition) is 5.